The van der Waals surface area contributed by atoms with E-state index in [0.29, 0.717) is 35.8 Å². The van der Waals surface area contributed by atoms with Gasteiger partial charge in [-0.25, -0.2) is 9.79 Å². The highest BCUT2D eigenvalue weighted by Crippen LogP contribution is 2.30. The Kier molecular flexibility index (Phi) is 11.2. The van der Waals surface area contributed by atoms with Crippen molar-refractivity contribution in [1.82, 2.24) is 0 Å². The third kappa shape index (κ3) is 9.08. The van der Waals surface area contributed by atoms with Gasteiger partial charge in [-0.2, -0.15) is 0 Å². The number of nitrogens with zero attached hydrogens (tertiary/aromatic N) is 1. The van der Waals surface area contributed by atoms with Crippen molar-refractivity contribution in [2.45, 2.75) is 72.1 Å². The molecule has 0 fully saturated rings. The Bertz CT molecular complexity index is 1100. The van der Waals surface area contributed by atoms with Gasteiger partial charge in [-0.15, -0.1) is 0 Å². The summed E-state index contributed by atoms with van der Waals surface area (Å²) < 4.78 is 22.0. The van der Waals surface area contributed by atoms with Crippen molar-refractivity contribution in [2.24, 2.45) is 4.99 Å². The van der Waals surface area contributed by atoms with Crippen molar-refractivity contribution in [3.05, 3.63) is 59.3 Å². The summed E-state index contributed by atoms with van der Waals surface area (Å²) >= 11 is 0. The minimum atomic E-state index is -0.535. The first-order chi connectivity index (χ1) is 18.0. The first-order valence-electron chi connectivity index (χ1n) is 13.2. The number of benzene rings is 2. The van der Waals surface area contributed by atoms with E-state index in [1.54, 1.807) is 24.3 Å². The summed E-state index contributed by atoms with van der Waals surface area (Å²) in [7, 11) is 0. The lowest BCUT2D eigenvalue weighted by molar-refractivity contribution is -0.132. The second-order valence-corrected chi connectivity index (χ2v) is 8.92. The molecule has 3 rings (SSSR count). The van der Waals surface area contributed by atoms with Crippen LogP contribution < -0.4 is 14.2 Å². The summed E-state index contributed by atoms with van der Waals surface area (Å²) in [6.45, 7) is 6.49. The molecule has 0 radical (unpaired) electrons. The summed E-state index contributed by atoms with van der Waals surface area (Å²) in [5.74, 6) is 0.776. The van der Waals surface area contributed by atoms with Crippen molar-refractivity contribution in [3.63, 3.8) is 0 Å². The van der Waals surface area contributed by atoms with Gasteiger partial charge in [-0.1, -0.05) is 57.9 Å². The maximum atomic E-state index is 12.4. The molecule has 198 valence electrons. The molecule has 2 aromatic carbocycles. The van der Waals surface area contributed by atoms with E-state index >= 15 is 0 Å². The molecule has 2 aromatic rings. The third-order valence-corrected chi connectivity index (χ3v) is 5.81. The van der Waals surface area contributed by atoms with Gasteiger partial charge in [-0.05, 0) is 61.4 Å². The largest absolute Gasteiger partial charge is 0.494 e. The van der Waals surface area contributed by atoms with Crippen LogP contribution in [0.2, 0.25) is 0 Å². The molecular formula is C30H37NO6. The Morgan fingerprint density at radius 3 is 2.27 bits per heavy atom. The molecule has 1 aliphatic heterocycles. The van der Waals surface area contributed by atoms with Crippen LogP contribution in [0.15, 0.2) is 53.2 Å². The smallest absolute Gasteiger partial charge is 0.363 e. The van der Waals surface area contributed by atoms with Crippen LogP contribution in [0.4, 0.5) is 0 Å². The van der Waals surface area contributed by atoms with Gasteiger partial charge >= 0.3 is 11.9 Å². The van der Waals surface area contributed by atoms with Crippen molar-refractivity contribution in [1.29, 1.82) is 0 Å². The van der Waals surface area contributed by atoms with E-state index in [2.05, 4.69) is 11.9 Å². The highest BCUT2D eigenvalue weighted by atomic mass is 16.6. The number of cyclic esters (lactones) is 1. The molecule has 37 heavy (non-hydrogen) atoms. The van der Waals surface area contributed by atoms with Crippen molar-refractivity contribution in [3.8, 4) is 17.2 Å². The lowest BCUT2D eigenvalue weighted by Crippen LogP contribution is -2.05. The molecule has 0 atom stereocenters. The number of ether oxygens (including phenoxy) is 4. The molecule has 0 saturated carbocycles. The Labute approximate surface area is 219 Å². The van der Waals surface area contributed by atoms with Crippen molar-refractivity contribution >= 4 is 23.9 Å². The number of unbranched alkanes of at least 4 members (excludes halogenated alkanes) is 7. The van der Waals surface area contributed by atoms with Crippen LogP contribution >= 0.6 is 0 Å². The summed E-state index contributed by atoms with van der Waals surface area (Å²) in [6, 6.07) is 12.4. The minimum absolute atomic E-state index is 0.174. The second kappa shape index (κ2) is 14.8. The molecule has 0 bridgehead atoms. The maximum absolute atomic E-state index is 12.4. The van der Waals surface area contributed by atoms with Gasteiger partial charge in [0, 0.05) is 12.5 Å². The van der Waals surface area contributed by atoms with E-state index < -0.39 is 11.9 Å². The second-order valence-electron chi connectivity index (χ2n) is 8.92. The van der Waals surface area contributed by atoms with Gasteiger partial charge in [-0.3, -0.25) is 4.79 Å². The molecule has 7 nitrogen and oxygen atoms in total. The minimum Gasteiger partial charge on any atom is -0.494 e. The quantitative estimate of drug-likeness (QED) is 0.113. The normalized spacial score (nSPS) is 13.9. The number of aliphatic imine (C=N–C) groups is 1. The predicted octanol–water partition coefficient (Wildman–Crippen LogP) is 6.87. The summed E-state index contributed by atoms with van der Waals surface area (Å²) in [5.41, 5.74) is 1.53. The fourth-order valence-corrected chi connectivity index (χ4v) is 3.93. The molecule has 0 N–H and O–H groups in total. The van der Waals surface area contributed by atoms with E-state index in [0.717, 1.165) is 12.2 Å². The van der Waals surface area contributed by atoms with Gasteiger partial charge in [0.15, 0.2) is 17.2 Å². The van der Waals surface area contributed by atoms with E-state index in [9.17, 15) is 9.59 Å². The van der Waals surface area contributed by atoms with E-state index in [1.807, 2.05) is 31.2 Å². The zero-order valence-electron chi connectivity index (χ0n) is 22.1. The lowest BCUT2D eigenvalue weighted by Gasteiger charge is -2.10. The van der Waals surface area contributed by atoms with Gasteiger partial charge in [0.2, 0.25) is 5.90 Å². The fraction of sp³-hybridized carbons (Fsp3) is 0.433. The lowest BCUT2D eigenvalue weighted by atomic mass is 10.1. The fourth-order valence-electron chi connectivity index (χ4n) is 3.93. The van der Waals surface area contributed by atoms with Crippen LogP contribution in [0.25, 0.3) is 6.08 Å². The Morgan fingerprint density at radius 1 is 0.892 bits per heavy atom. The molecule has 0 aromatic heterocycles. The van der Waals surface area contributed by atoms with E-state index in [-0.39, 0.29) is 11.6 Å². The van der Waals surface area contributed by atoms with Gasteiger partial charge in [0.05, 0.1) is 13.2 Å². The predicted molar refractivity (Wildman–Crippen MR) is 144 cm³/mol. The monoisotopic (exact) mass is 507 g/mol. The van der Waals surface area contributed by atoms with Gasteiger partial charge in [0.25, 0.3) is 0 Å². The number of carbonyl (C=O) groups excluding carboxylic acids is 2. The summed E-state index contributed by atoms with van der Waals surface area (Å²) in [6.07, 6.45) is 11.7. The summed E-state index contributed by atoms with van der Waals surface area (Å²) in [4.78, 5) is 28.1. The zero-order valence-corrected chi connectivity index (χ0v) is 22.1. The van der Waals surface area contributed by atoms with Gasteiger partial charge < -0.3 is 18.9 Å². The first kappa shape index (κ1) is 28.0. The van der Waals surface area contributed by atoms with Crippen LogP contribution in [0.3, 0.4) is 0 Å². The van der Waals surface area contributed by atoms with E-state index in [1.165, 1.54) is 51.9 Å². The first-order valence-corrected chi connectivity index (χ1v) is 13.2. The van der Waals surface area contributed by atoms with Crippen LogP contribution in [-0.2, 0) is 14.3 Å². The average molecular weight is 508 g/mol. The van der Waals surface area contributed by atoms with Crippen LogP contribution in [-0.4, -0.2) is 31.1 Å². The standard InChI is InChI=1S/C30H37NO6/c1-4-6-7-8-9-10-11-12-19-35-25-16-14-24(15-17-25)29-31-26(30(33)37-29)20-23-13-18-27(36-22(3)32)28(21-23)34-5-2/h13-18,20-21H,4-12,19H2,1-3H3/b26-20-. The molecular weight excluding hydrogens is 470 g/mol. The molecule has 0 spiro atoms. The highest BCUT2D eigenvalue weighted by molar-refractivity contribution is 6.12. The number of carbonyl (C=O) groups is 2. The highest BCUT2D eigenvalue weighted by Gasteiger charge is 2.24. The van der Waals surface area contributed by atoms with Crippen LogP contribution in [0.1, 0.15) is 83.3 Å². The molecule has 1 aliphatic rings. The Hall–Kier alpha value is -3.61. The average Bonchev–Trinajstić information content (AvgIpc) is 3.24. The SMILES string of the molecule is CCCCCCCCCCOc1ccc(C2=N/C(=C\c3ccc(OC(C)=O)c(OCC)c3)C(=O)O2)cc1. The molecule has 7 heteroatoms. The van der Waals surface area contributed by atoms with Gasteiger partial charge in [0.1, 0.15) is 5.75 Å². The van der Waals surface area contributed by atoms with Crippen molar-refractivity contribution < 1.29 is 28.5 Å². The Morgan fingerprint density at radius 2 is 1.59 bits per heavy atom. The topological polar surface area (TPSA) is 83.4 Å². The number of hydrogen-bond donors (Lipinski definition) is 0. The molecule has 0 saturated heterocycles. The summed E-state index contributed by atoms with van der Waals surface area (Å²) in [5, 5.41) is 0. The molecule has 0 aliphatic carbocycles. The number of esters is 2. The third-order valence-electron chi connectivity index (χ3n) is 5.81. The molecule has 1 heterocycles. The van der Waals surface area contributed by atoms with Crippen LogP contribution in [0, 0.1) is 0 Å². The van der Waals surface area contributed by atoms with Crippen LogP contribution in [0.5, 0.6) is 17.2 Å². The maximum Gasteiger partial charge on any atom is 0.363 e. The molecule has 0 unspecified atom stereocenters. The Balaban J connectivity index is 1.55. The van der Waals surface area contributed by atoms with Crippen molar-refractivity contribution in [2.75, 3.05) is 13.2 Å². The zero-order chi connectivity index (χ0) is 26.5. The number of hydrogen-bond acceptors (Lipinski definition) is 7. The van der Waals surface area contributed by atoms with E-state index in [4.69, 9.17) is 18.9 Å². The number of rotatable bonds is 15. The molecule has 0 amide bonds.